The molecule has 17 heavy (non-hydrogen) atoms. The van der Waals surface area contributed by atoms with Gasteiger partial charge in [-0.1, -0.05) is 0 Å². The molecule has 1 heterocycles. The smallest absolute Gasteiger partial charge is 0.322 e. The van der Waals surface area contributed by atoms with Crippen LogP contribution in [0.3, 0.4) is 0 Å². The fraction of sp³-hybridized carbons (Fsp3) is 0.700. The fourth-order valence-electron chi connectivity index (χ4n) is 1.00. The van der Waals surface area contributed by atoms with E-state index >= 15 is 0 Å². The van der Waals surface area contributed by atoms with Gasteiger partial charge in [0.25, 0.3) is 0 Å². The Kier molecular flexibility index (Phi) is 4.80. The maximum Gasteiger partial charge on any atom is 0.322 e. The highest BCUT2D eigenvalue weighted by Crippen LogP contribution is 2.21. The minimum absolute atomic E-state index is 0.125. The van der Waals surface area contributed by atoms with Gasteiger partial charge in [0.2, 0.25) is 11.9 Å². The van der Waals surface area contributed by atoms with Crippen molar-refractivity contribution in [1.82, 2.24) is 15.0 Å². The van der Waals surface area contributed by atoms with Crippen LogP contribution < -0.4 is 15.4 Å². The van der Waals surface area contributed by atoms with E-state index in [1.54, 1.807) is 18.8 Å². The Labute approximate surface area is 106 Å². The molecule has 7 heteroatoms. The van der Waals surface area contributed by atoms with E-state index in [-0.39, 0.29) is 4.75 Å². The van der Waals surface area contributed by atoms with Crippen LogP contribution >= 0.6 is 11.8 Å². The summed E-state index contributed by atoms with van der Waals surface area (Å²) in [5.74, 6) is 1.00. The third-order valence-electron chi connectivity index (χ3n) is 2.25. The lowest BCUT2D eigenvalue weighted by Gasteiger charge is -2.22. The van der Waals surface area contributed by atoms with Crippen molar-refractivity contribution < 1.29 is 4.74 Å². The second kappa shape index (κ2) is 5.90. The summed E-state index contributed by atoms with van der Waals surface area (Å²) < 4.78 is 5.13. The molecule has 0 aliphatic rings. The molecule has 0 aliphatic carbocycles. The SMILES string of the molecule is CNc1nc(NCC(C)(C)SC)nc(OC)n1. The Morgan fingerprint density at radius 2 is 1.88 bits per heavy atom. The minimum atomic E-state index is 0.125. The van der Waals surface area contributed by atoms with Gasteiger partial charge in [-0.2, -0.15) is 26.7 Å². The first-order chi connectivity index (χ1) is 8.00. The lowest BCUT2D eigenvalue weighted by Crippen LogP contribution is -2.26. The van der Waals surface area contributed by atoms with Crippen LogP contribution in [-0.4, -0.2) is 46.7 Å². The molecule has 2 N–H and O–H groups in total. The maximum atomic E-state index is 5.01. The van der Waals surface area contributed by atoms with Gasteiger partial charge in [-0.3, -0.25) is 0 Å². The minimum Gasteiger partial charge on any atom is -0.467 e. The van der Waals surface area contributed by atoms with Gasteiger partial charge >= 0.3 is 6.01 Å². The van der Waals surface area contributed by atoms with Crippen molar-refractivity contribution in [2.45, 2.75) is 18.6 Å². The van der Waals surface area contributed by atoms with E-state index in [2.05, 4.69) is 45.7 Å². The molecule has 1 rings (SSSR count). The predicted molar refractivity (Wildman–Crippen MR) is 72.0 cm³/mol. The summed E-state index contributed by atoms with van der Waals surface area (Å²) >= 11 is 1.79. The van der Waals surface area contributed by atoms with Crippen LogP contribution in [0.2, 0.25) is 0 Å². The third kappa shape index (κ3) is 4.26. The van der Waals surface area contributed by atoms with Gasteiger partial charge in [-0.15, -0.1) is 0 Å². The molecule has 0 fully saturated rings. The van der Waals surface area contributed by atoms with Gasteiger partial charge in [0.15, 0.2) is 0 Å². The molecule has 1 aromatic rings. The number of anilines is 2. The number of hydrogen-bond donors (Lipinski definition) is 2. The quantitative estimate of drug-likeness (QED) is 0.799. The van der Waals surface area contributed by atoms with Crippen LogP contribution in [0.4, 0.5) is 11.9 Å². The molecule has 96 valence electrons. The first-order valence-corrected chi connectivity index (χ1v) is 6.50. The number of aromatic nitrogens is 3. The van der Waals surface area contributed by atoms with Crippen molar-refractivity contribution in [2.24, 2.45) is 0 Å². The van der Waals surface area contributed by atoms with Gasteiger partial charge in [0, 0.05) is 18.3 Å². The van der Waals surface area contributed by atoms with Crippen molar-refractivity contribution >= 4 is 23.7 Å². The Morgan fingerprint density at radius 3 is 2.41 bits per heavy atom. The summed E-state index contributed by atoms with van der Waals surface area (Å²) in [6, 6.07) is 0.300. The van der Waals surface area contributed by atoms with Gasteiger partial charge in [0.1, 0.15) is 0 Å². The molecule has 0 spiro atoms. The van der Waals surface area contributed by atoms with E-state index in [0.717, 1.165) is 6.54 Å². The number of thioether (sulfide) groups is 1. The number of methoxy groups -OCH3 is 1. The van der Waals surface area contributed by atoms with Gasteiger partial charge in [-0.05, 0) is 20.1 Å². The highest BCUT2D eigenvalue weighted by molar-refractivity contribution is 7.99. The van der Waals surface area contributed by atoms with Gasteiger partial charge in [0.05, 0.1) is 7.11 Å². The Hall–Kier alpha value is -1.24. The highest BCUT2D eigenvalue weighted by atomic mass is 32.2. The molecular formula is C10H19N5OS. The number of nitrogens with one attached hydrogen (secondary N) is 2. The summed E-state index contributed by atoms with van der Waals surface area (Å²) in [5, 5.41) is 6.05. The van der Waals surface area contributed by atoms with Crippen LogP contribution in [0.5, 0.6) is 6.01 Å². The van der Waals surface area contributed by atoms with Crippen molar-refractivity contribution in [3.05, 3.63) is 0 Å². The Bertz CT molecular complexity index is 349. The topological polar surface area (TPSA) is 72.0 Å². The van der Waals surface area contributed by atoms with E-state index < -0.39 is 0 Å². The molecule has 0 unspecified atom stereocenters. The maximum absolute atomic E-state index is 5.01. The van der Waals surface area contributed by atoms with E-state index in [1.807, 2.05) is 0 Å². The lowest BCUT2D eigenvalue weighted by atomic mass is 10.2. The molecular weight excluding hydrogens is 238 g/mol. The lowest BCUT2D eigenvalue weighted by molar-refractivity contribution is 0.379. The van der Waals surface area contributed by atoms with Crippen LogP contribution in [0.1, 0.15) is 13.8 Å². The van der Waals surface area contributed by atoms with Gasteiger partial charge in [-0.25, -0.2) is 0 Å². The zero-order chi connectivity index (χ0) is 12.9. The summed E-state index contributed by atoms with van der Waals surface area (Å²) in [6.45, 7) is 5.08. The molecule has 0 aromatic carbocycles. The van der Waals surface area contributed by atoms with Crippen molar-refractivity contribution in [3.8, 4) is 6.01 Å². The molecule has 0 saturated heterocycles. The summed E-state index contributed by atoms with van der Waals surface area (Å²) in [4.78, 5) is 12.4. The predicted octanol–water partition coefficient (Wildman–Crippen LogP) is 1.48. The molecule has 0 bridgehead atoms. The highest BCUT2D eigenvalue weighted by Gasteiger charge is 2.16. The molecule has 0 amide bonds. The van der Waals surface area contributed by atoms with Crippen molar-refractivity contribution in [1.29, 1.82) is 0 Å². The normalized spacial score (nSPS) is 11.1. The van der Waals surface area contributed by atoms with E-state index in [4.69, 9.17) is 4.74 Å². The van der Waals surface area contributed by atoms with Crippen LogP contribution in [0.25, 0.3) is 0 Å². The molecule has 0 atom stereocenters. The number of rotatable bonds is 6. The Morgan fingerprint density at radius 1 is 1.24 bits per heavy atom. The number of nitrogens with zero attached hydrogens (tertiary/aromatic N) is 3. The van der Waals surface area contributed by atoms with Crippen molar-refractivity contribution in [3.63, 3.8) is 0 Å². The van der Waals surface area contributed by atoms with E-state index in [0.29, 0.717) is 17.9 Å². The fourth-order valence-corrected chi connectivity index (χ4v) is 1.22. The summed E-state index contributed by atoms with van der Waals surface area (Å²) in [6.07, 6.45) is 2.08. The van der Waals surface area contributed by atoms with Gasteiger partial charge < -0.3 is 15.4 Å². The third-order valence-corrected chi connectivity index (χ3v) is 3.50. The second-order valence-corrected chi connectivity index (χ2v) is 5.55. The average Bonchev–Trinajstić information content (AvgIpc) is 2.36. The monoisotopic (exact) mass is 257 g/mol. The molecule has 0 aliphatic heterocycles. The molecule has 6 nitrogen and oxygen atoms in total. The number of hydrogen-bond acceptors (Lipinski definition) is 7. The summed E-state index contributed by atoms with van der Waals surface area (Å²) in [5.41, 5.74) is 0. The first kappa shape index (κ1) is 13.8. The van der Waals surface area contributed by atoms with E-state index in [9.17, 15) is 0 Å². The second-order valence-electron chi connectivity index (χ2n) is 4.04. The van der Waals surface area contributed by atoms with Crippen LogP contribution in [-0.2, 0) is 0 Å². The van der Waals surface area contributed by atoms with Crippen molar-refractivity contribution in [2.75, 3.05) is 37.6 Å². The molecule has 0 radical (unpaired) electrons. The van der Waals surface area contributed by atoms with Crippen LogP contribution in [0.15, 0.2) is 0 Å². The van der Waals surface area contributed by atoms with Crippen LogP contribution in [0, 0.1) is 0 Å². The first-order valence-electron chi connectivity index (χ1n) is 5.27. The van der Waals surface area contributed by atoms with E-state index in [1.165, 1.54) is 7.11 Å². The average molecular weight is 257 g/mol. The zero-order valence-electron chi connectivity index (χ0n) is 10.9. The Balaban J connectivity index is 2.76. The molecule has 1 aromatic heterocycles. The molecule has 0 saturated carbocycles. The number of ether oxygens (including phenoxy) is 1. The zero-order valence-corrected chi connectivity index (χ0v) is 11.7. The standard InChI is InChI=1S/C10H19N5OS/c1-10(2,17-5)6-12-8-13-7(11-3)14-9(15-8)16-4/h6H2,1-5H3,(H2,11,12,13,14,15). The summed E-state index contributed by atoms with van der Waals surface area (Å²) in [7, 11) is 3.29. The largest absolute Gasteiger partial charge is 0.467 e.